The lowest BCUT2D eigenvalue weighted by Gasteiger charge is -1.92. The Morgan fingerprint density at radius 3 is 2.43 bits per heavy atom. The maximum absolute atomic E-state index is 12.4. The zero-order valence-corrected chi connectivity index (χ0v) is 13.1. The Morgan fingerprint density at radius 2 is 1.78 bits per heavy atom. The number of aromatic amines is 2. The van der Waals surface area contributed by atoms with Crippen LogP contribution in [0, 0.1) is 6.92 Å². The molecule has 0 atom stereocenters. The fraction of sp³-hybridized carbons (Fsp3) is 0.0625. The number of aryl methyl sites for hydroxylation is 1. The van der Waals surface area contributed by atoms with E-state index in [1.807, 2.05) is 60.3 Å². The summed E-state index contributed by atoms with van der Waals surface area (Å²) in [5.41, 5.74) is 2.94. The summed E-state index contributed by atoms with van der Waals surface area (Å²) in [6, 6.07) is 11.5. The van der Waals surface area contributed by atoms with Crippen molar-refractivity contribution in [2.75, 3.05) is 0 Å². The predicted octanol–water partition coefficient (Wildman–Crippen LogP) is 2.79. The summed E-state index contributed by atoms with van der Waals surface area (Å²) in [4.78, 5) is 27.7. The second-order valence-corrected chi connectivity index (χ2v) is 6.04. The molecular formula is C16H13N5OS. The number of hydrogen-bond acceptors (Lipinski definition) is 3. The van der Waals surface area contributed by atoms with Gasteiger partial charge in [0.25, 0.3) is 5.91 Å². The molecule has 0 saturated heterocycles. The Labute approximate surface area is 135 Å². The number of imidazole rings is 1. The summed E-state index contributed by atoms with van der Waals surface area (Å²) in [7, 11) is 0. The summed E-state index contributed by atoms with van der Waals surface area (Å²) in [6.45, 7) is 1.82. The molecule has 6 nitrogen and oxygen atoms in total. The van der Waals surface area contributed by atoms with Gasteiger partial charge in [-0.05, 0) is 31.2 Å². The fourth-order valence-corrected chi connectivity index (χ4v) is 3.27. The SMILES string of the molecule is Cc1nc(-n2cccc2)sc1C(=O)N=c1[nH]c2ccccc2[nH]1. The monoisotopic (exact) mass is 323 g/mol. The Bertz CT molecular complexity index is 1020. The highest BCUT2D eigenvalue weighted by atomic mass is 32.1. The molecule has 3 heterocycles. The third kappa shape index (κ3) is 2.51. The minimum atomic E-state index is -0.304. The van der Waals surface area contributed by atoms with Crippen molar-refractivity contribution in [2.45, 2.75) is 6.92 Å². The standard InChI is InChI=1S/C16H13N5OS/c1-10-13(23-16(17-10)21-8-4-5-9-21)14(22)20-15-18-11-6-2-3-7-12(11)19-15/h2-9H,1H3,(H2,18,19,20,22). The number of carbonyl (C=O) groups excluding carboxylic acids is 1. The van der Waals surface area contributed by atoms with Crippen LogP contribution in [0.15, 0.2) is 53.8 Å². The van der Waals surface area contributed by atoms with Crippen LogP contribution in [0.2, 0.25) is 0 Å². The van der Waals surface area contributed by atoms with E-state index in [2.05, 4.69) is 19.9 Å². The quantitative estimate of drug-likeness (QED) is 0.595. The van der Waals surface area contributed by atoms with Gasteiger partial charge < -0.3 is 14.5 Å². The van der Waals surface area contributed by atoms with E-state index in [1.54, 1.807) is 0 Å². The van der Waals surface area contributed by atoms with Crippen molar-refractivity contribution in [3.63, 3.8) is 0 Å². The van der Waals surface area contributed by atoms with Crippen LogP contribution in [0.4, 0.5) is 0 Å². The molecule has 0 aliphatic heterocycles. The average Bonchev–Trinajstić information content (AvgIpc) is 3.25. The van der Waals surface area contributed by atoms with Crippen molar-refractivity contribution < 1.29 is 4.79 Å². The van der Waals surface area contributed by atoms with E-state index in [9.17, 15) is 4.79 Å². The maximum atomic E-state index is 12.4. The van der Waals surface area contributed by atoms with Gasteiger partial charge in [0.1, 0.15) is 4.88 Å². The predicted molar refractivity (Wildman–Crippen MR) is 88.7 cm³/mol. The highest BCUT2D eigenvalue weighted by molar-refractivity contribution is 7.16. The lowest BCUT2D eigenvalue weighted by atomic mass is 10.3. The molecule has 0 fully saturated rings. The smallest absolute Gasteiger partial charge is 0.292 e. The molecule has 7 heteroatoms. The summed E-state index contributed by atoms with van der Waals surface area (Å²) in [6.07, 6.45) is 3.80. The van der Waals surface area contributed by atoms with Gasteiger partial charge in [-0.1, -0.05) is 23.5 Å². The number of H-pyrrole nitrogens is 2. The number of aromatic nitrogens is 4. The van der Waals surface area contributed by atoms with Gasteiger partial charge in [-0.25, -0.2) is 4.98 Å². The van der Waals surface area contributed by atoms with E-state index < -0.39 is 0 Å². The topological polar surface area (TPSA) is 78.8 Å². The van der Waals surface area contributed by atoms with E-state index >= 15 is 0 Å². The molecular weight excluding hydrogens is 310 g/mol. The first-order valence-electron chi connectivity index (χ1n) is 7.07. The molecule has 0 aliphatic carbocycles. The Morgan fingerprint density at radius 1 is 1.13 bits per heavy atom. The lowest BCUT2D eigenvalue weighted by Crippen LogP contribution is -2.10. The summed E-state index contributed by atoms with van der Waals surface area (Å²) in [5, 5.41) is 0.756. The van der Waals surface area contributed by atoms with Gasteiger partial charge in [0.2, 0.25) is 5.62 Å². The molecule has 2 N–H and O–H groups in total. The van der Waals surface area contributed by atoms with Crippen LogP contribution in [-0.4, -0.2) is 25.4 Å². The van der Waals surface area contributed by atoms with E-state index in [1.165, 1.54) is 11.3 Å². The van der Waals surface area contributed by atoms with E-state index in [-0.39, 0.29) is 5.91 Å². The van der Waals surface area contributed by atoms with Gasteiger partial charge in [0.15, 0.2) is 5.13 Å². The molecule has 4 rings (SSSR count). The maximum Gasteiger partial charge on any atom is 0.292 e. The minimum Gasteiger partial charge on any atom is -0.324 e. The van der Waals surface area contributed by atoms with Gasteiger partial charge in [-0.15, -0.1) is 0 Å². The fourth-order valence-electron chi connectivity index (χ4n) is 2.35. The third-order valence-corrected chi connectivity index (χ3v) is 4.61. The lowest BCUT2D eigenvalue weighted by molar-refractivity contribution is 0.100. The van der Waals surface area contributed by atoms with Crippen molar-refractivity contribution in [3.8, 4) is 5.13 Å². The number of amides is 1. The van der Waals surface area contributed by atoms with Crippen LogP contribution in [0.25, 0.3) is 16.2 Å². The van der Waals surface area contributed by atoms with Crippen molar-refractivity contribution >= 4 is 28.3 Å². The summed E-state index contributed by atoms with van der Waals surface area (Å²) >= 11 is 1.33. The first-order valence-corrected chi connectivity index (χ1v) is 7.89. The molecule has 114 valence electrons. The minimum absolute atomic E-state index is 0.304. The second kappa shape index (κ2) is 5.36. The number of rotatable bonds is 2. The average molecular weight is 323 g/mol. The molecule has 23 heavy (non-hydrogen) atoms. The van der Waals surface area contributed by atoms with Crippen LogP contribution < -0.4 is 5.62 Å². The molecule has 3 aromatic heterocycles. The number of nitrogens with one attached hydrogen (secondary N) is 2. The first-order chi connectivity index (χ1) is 11.2. The summed E-state index contributed by atoms with van der Waals surface area (Å²) in [5.74, 6) is -0.304. The Hall–Kier alpha value is -2.93. The number of fused-ring (bicyclic) bond motifs is 1. The second-order valence-electron chi connectivity index (χ2n) is 5.06. The number of para-hydroxylation sites is 2. The van der Waals surface area contributed by atoms with Crippen molar-refractivity contribution in [3.05, 3.63) is 65.0 Å². The van der Waals surface area contributed by atoms with Crippen LogP contribution in [-0.2, 0) is 0 Å². The molecule has 0 aliphatic rings. The van der Waals surface area contributed by atoms with Gasteiger partial charge in [0, 0.05) is 12.4 Å². The molecule has 0 bridgehead atoms. The van der Waals surface area contributed by atoms with Gasteiger partial charge in [-0.2, -0.15) is 4.99 Å². The zero-order valence-electron chi connectivity index (χ0n) is 12.3. The Balaban J connectivity index is 1.73. The van der Waals surface area contributed by atoms with Crippen LogP contribution in [0.5, 0.6) is 0 Å². The van der Waals surface area contributed by atoms with Crippen molar-refractivity contribution in [1.29, 1.82) is 0 Å². The molecule has 0 unspecified atom stereocenters. The van der Waals surface area contributed by atoms with Gasteiger partial charge in [0.05, 0.1) is 16.7 Å². The molecule has 1 aromatic carbocycles. The Kier molecular flexibility index (Phi) is 3.20. The summed E-state index contributed by atoms with van der Waals surface area (Å²) < 4.78 is 1.88. The number of nitrogens with zero attached hydrogens (tertiary/aromatic N) is 3. The number of thiazole rings is 1. The van der Waals surface area contributed by atoms with Gasteiger partial charge >= 0.3 is 0 Å². The van der Waals surface area contributed by atoms with E-state index in [0.717, 1.165) is 16.2 Å². The van der Waals surface area contributed by atoms with E-state index in [0.29, 0.717) is 16.2 Å². The molecule has 0 spiro atoms. The number of benzene rings is 1. The number of carbonyl (C=O) groups is 1. The zero-order chi connectivity index (χ0) is 15.8. The van der Waals surface area contributed by atoms with Gasteiger partial charge in [-0.3, -0.25) is 4.79 Å². The number of hydrogen-bond donors (Lipinski definition) is 2. The van der Waals surface area contributed by atoms with Crippen molar-refractivity contribution in [2.24, 2.45) is 4.99 Å². The largest absolute Gasteiger partial charge is 0.324 e. The third-order valence-electron chi connectivity index (χ3n) is 3.45. The van der Waals surface area contributed by atoms with Crippen molar-refractivity contribution in [1.82, 2.24) is 19.5 Å². The van der Waals surface area contributed by atoms with E-state index in [4.69, 9.17) is 0 Å². The first kappa shape index (κ1) is 13.7. The molecule has 4 aromatic rings. The highest BCUT2D eigenvalue weighted by Crippen LogP contribution is 2.22. The molecule has 0 radical (unpaired) electrons. The van der Waals surface area contributed by atoms with Crippen LogP contribution in [0.1, 0.15) is 15.4 Å². The highest BCUT2D eigenvalue weighted by Gasteiger charge is 2.15. The molecule has 1 amide bonds. The normalized spacial score (nSPS) is 11.0. The van der Waals surface area contributed by atoms with Crippen LogP contribution >= 0.6 is 11.3 Å². The molecule has 0 saturated carbocycles. The van der Waals surface area contributed by atoms with Crippen LogP contribution in [0.3, 0.4) is 0 Å².